The summed E-state index contributed by atoms with van der Waals surface area (Å²) in [5.41, 5.74) is 2.13. The molecule has 2 N–H and O–H groups in total. The number of para-hydroxylation sites is 1. The van der Waals surface area contributed by atoms with Crippen LogP contribution in [0.2, 0.25) is 0 Å². The van der Waals surface area contributed by atoms with Crippen LogP contribution in [0.3, 0.4) is 0 Å². The Kier molecular flexibility index (Phi) is 3.88. The van der Waals surface area contributed by atoms with Crippen molar-refractivity contribution in [1.82, 2.24) is 10.3 Å². The Balaban J connectivity index is 1.88. The molecule has 4 rings (SSSR count). The number of rotatable bonds is 2. The van der Waals surface area contributed by atoms with Crippen LogP contribution in [0.15, 0.2) is 44.6 Å². The highest BCUT2D eigenvalue weighted by Crippen LogP contribution is 2.24. The van der Waals surface area contributed by atoms with Gasteiger partial charge in [0.05, 0.1) is 28.9 Å². The van der Waals surface area contributed by atoms with E-state index in [1.165, 1.54) is 12.9 Å². The van der Waals surface area contributed by atoms with E-state index in [0.717, 1.165) is 32.7 Å². The lowest BCUT2D eigenvalue weighted by atomic mass is 10.3. The van der Waals surface area contributed by atoms with Crippen LogP contribution in [0.25, 0.3) is 17.8 Å². The molecular weight excluding hydrogens is 413 g/mol. The standard InChI is InChI=1S/C19H18IN3O/c1-11-15(21-12(2)20-11)9-18-19(24-3)10-17(23-18)16-8-13-6-4-5-7-14(13)22-16/h4-10,21,23H,1-3H3. The number of hydrogen-bond donors (Lipinski definition) is 2. The second kappa shape index (κ2) is 6.05. The van der Waals surface area contributed by atoms with Crippen molar-refractivity contribution in [2.45, 2.75) is 13.8 Å². The van der Waals surface area contributed by atoms with Gasteiger partial charge in [-0.15, -0.1) is 0 Å². The van der Waals surface area contributed by atoms with Crippen LogP contribution in [0, 0.1) is 0 Å². The van der Waals surface area contributed by atoms with Gasteiger partial charge in [0.15, 0.2) is 0 Å². The molecule has 0 radical (unpaired) electrons. The summed E-state index contributed by atoms with van der Waals surface area (Å²) in [4.78, 5) is 8.16. The van der Waals surface area contributed by atoms with E-state index in [4.69, 9.17) is 9.73 Å². The summed E-state index contributed by atoms with van der Waals surface area (Å²) >= 11 is -0.00131. The quantitative estimate of drug-likeness (QED) is 0.697. The van der Waals surface area contributed by atoms with Crippen LogP contribution in [-0.2, 0) is 0 Å². The highest BCUT2D eigenvalue weighted by Gasteiger charge is 2.09. The molecule has 3 heterocycles. The average Bonchev–Trinajstić information content (AvgIpc) is 3.24. The van der Waals surface area contributed by atoms with Crippen LogP contribution in [0.5, 0.6) is 5.75 Å². The Morgan fingerprint density at radius 1 is 1.21 bits per heavy atom. The molecule has 1 aromatic carbocycles. The number of aromatic amines is 1. The predicted molar refractivity (Wildman–Crippen MR) is 107 cm³/mol. The Morgan fingerprint density at radius 2 is 2.04 bits per heavy atom. The summed E-state index contributed by atoms with van der Waals surface area (Å²) in [6.45, 7) is 4.36. The second-order valence-electron chi connectivity index (χ2n) is 5.71. The number of methoxy groups -OCH3 is 1. The first-order valence-corrected chi connectivity index (χ1v) is 9.90. The number of hydrogen-bond acceptors (Lipinski definition) is 3. The highest BCUT2D eigenvalue weighted by atomic mass is 127. The van der Waals surface area contributed by atoms with Gasteiger partial charge in [0.1, 0.15) is 5.75 Å². The van der Waals surface area contributed by atoms with E-state index in [2.05, 4.69) is 42.4 Å². The molecule has 0 fully saturated rings. The van der Waals surface area contributed by atoms with Gasteiger partial charge < -0.3 is 15.0 Å². The molecule has 0 atom stereocenters. The third-order valence-electron chi connectivity index (χ3n) is 4.03. The summed E-state index contributed by atoms with van der Waals surface area (Å²) < 4.78 is 8.38. The third-order valence-corrected chi connectivity index (χ3v) is 6.50. The van der Waals surface area contributed by atoms with Crippen molar-refractivity contribution in [3.8, 4) is 5.75 Å². The molecular formula is C19H18IN3O. The van der Waals surface area contributed by atoms with E-state index >= 15 is 0 Å². The van der Waals surface area contributed by atoms with E-state index in [0.29, 0.717) is 0 Å². The molecule has 0 spiro atoms. The summed E-state index contributed by atoms with van der Waals surface area (Å²) in [6.07, 6.45) is 4.24. The molecule has 0 saturated carbocycles. The van der Waals surface area contributed by atoms with Gasteiger partial charge in [-0.3, -0.25) is 0 Å². The molecule has 122 valence electrons. The molecule has 2 aromatic rings. The van der Waals surface area contributed by atoms with Crippen LogP contribution < -0.4 is 31.3 Å². The van der Waals surface area contributed by atoms with Crippen molar-refractivity contribution in [3.63, 3.8) is 0 Å². The third kappa shape index (κ3) is 2.73. The normalized spacial score (nSPS) is 19.1. The van der Waals surface area contributed by atoms with E-state index < -0.39 is 0 Å². The number of benzene rings is 1. The fraction of sp³-hybridized carbons (Fsp3) is 0.158. The van der Waals surface area contributed by atoms with Crippen molar-refractivity contribution < 1.29 is 4.74 Å². The number of halogens is 1. The van der Waals surface area contributed by atoms with Crippen LogP contribution in [0.1, 0.15) is 13.8 Å². The maximum absolute atomic E-state index is 5.56. The predicted octanol–water partition coefficient (Wildman–Crippen LogP) is 0.981. The van der Waals surface area contributed by atoms with E-state index in [1.54, 1.807) is 7.11 Å². The maximum Gasteiger partial charge on any atom is 0.144 e. The average molecular weight is 431 g/mol. The van der Waals surface area contributed by atoms with E-state index in [1.807, 2.05) is 24.3 Å². The first-order chi connectivity index (χ1) is 11.6. The Hall–Kier alpha value is -2.15. The zero-order valence-electron chi connectivity index (χ0n) is 13.8. The molecule has 24 heavy (non-hydrogen) atoms. The lowest BCUT2D eigenvalue weighted by molar-refractivity contribution is 0.412. The second-order valence-corrected chi connectivity index (χ2v) is 9.49. The number of H-pyrrole nitrogens is 1. The number of nitrogens with one attached hydrogen (secondary N) is 2. The molecule has 0 unspecified atom stereocenters. The summed E-state index contributed by atoms with van der Waals surface area (Å²) in [7, 11) is 1.70. The smallest absolute Gasteiger partial charge is 0.144 e. The van der Waals surface area contributed by atoms with Crippen LogP contribution >= 0.6 is 20.7 Å². The molecule has 2 aliphatic heterocycles. The van der Waals surface area contributed by atoms with Gasteiger partial charge in [0.2, 0.25) is 0 Å². The van der Waals surface area contributed by atoms with Crippen molar-refractivity contribution in [2.75, 3.05) is 7.11 Å². The van der Waals surface area contributed by atoms with Gasteiger partial charge in [0, 0.05) is 24.2 Å². The van der Waals surface area contributed by atoms with Gasteiger partial charge in [0.25, 0.3) is 0 Å². The maximum atomic E-state index is 5.56. The molecule has 5 heteroatoms. The van der Waals surface area contributed by atoms with Gasteiger partial charge in [-0.25, -0.2) is 4.99 Å². The fourth-order valence-corrected chi connectivity index (χ4v) is 5.08. The Morgan fingerprint density at radius 3 is 2.75 bits per heavy atom. The van der Waals surface area contributed by atoms with Gasteiger partial charge in [-0.1, -0.05) is 38.9 Å². The Labute approximate surface area is 149 Å². The fourth-order valence-electron chi connectivity index (χ4n) is 2.86. The number of aromatic nitrogens is 1. The largest absolute Gasteiger partial charge is 0.494 e. The monoisotopic (exact) mass is 431 g/mol. The van der Waals surface area contributed by atoms with Crippen LogP contribution in [0.4, 0.5) is 0 Å². The molecule has 2 aliphatic rings. The van der Waals surface area contributed by atoms with Crippen LogP contribution in [-0.4, -0.2) is 15.7 Å². The number of fused-ring (bicyclic) bond motifs is 1. The minimum atomic E-state index is -0.00131. The van der Waals surface area contributed by atoms with Crippen molar-refractivity contribution >= 4 is 42.2 Å². The summed E-state index contributed by atoms with van der Waals surface area (Å²) in [5, 5.41) is 7.58. The van der Waals surface area contributed by atoms with Gasteiger partial charge >= 0.3 is 0 Å². The van der Waals surface area contributed by atoms with Gasteiger partial charge in [-0.05, 0) is 32.1 Å². The SMILES string of the molecule is COc1cc(=C2C=c3ccccc3=N2)[nH]c1=CC1=C(C)I=C(C)N1. The molecule has 4 nitrogen and oxygen atoms in total. The zero-order valence-corrected chi connectivity index (χ0v) is 15.9. The number of nitrogens with zero attached hydrogens (tertiary/aromatic N) is 1. The molecule has 0 saturated heterocycles. The summed E-state index contributed by atoms with van der Waals surface area (Å²) in [6, 6.07) is 10.2. The molecule has 1 aromatic heterocycles. The molecule has 0 amide bonds. The topological polar surface area (TPSA) is 49.4 Å². The van der Waals surface area contributed by atoms with Gasteiger partial charge in [-0.2, -0.15) is 0 Å². The Bertz CT molecular complexity index is 1100. The van der Waals surface area contributed by atoms with Crippen molar-refractivity contribution in [1.29, 1.82) is 0 Å². The van der Waals surface area contributed by atoms with Crippen molar-refractivity contribution in [2.24, 2.45) is 4.99 Å². The lowest BCUT2D eigenvalue weighted by Crippen LogP contribution is -2.19. The van der Waals surface area contributed by atoms with E-state index in [9.17, 15) is 0 Å². The zero-order chi connectivity index (χ0) is 16.7. The van der Waals surface area contributed by atoms with E-state index in [-0.39, 0.29) is 20.7 Å². The van der Waals surface area contributed by atoms with Crippen molar-refractivity contribution in [3.05, 3.63) is 60.9 Å². The number of allylic oxidation sites excluding steroid dienone is 2. The molecule has 0 bridgehead atoms. The minimum absolute atomic E-state index is 0.00131. The highest BCUT2D eigenvalue weighted by molar-refractivity contribution is 14.2. The minimum Gasteiger partial charge on any atom is -0.494 e. The lowest BCUT2D eigenvalue weighted by Gasteiger charge is -2.00. The first kappa shape index (κ1) is 15.4. The first-order valence-electron chi connectivity index (χ1n) is 7.75. The number of ether oxygens (including phenoxy) is 1. The summed E-state index contributed by atoms with van der Waals surface area (Å²) in [5.74, 6) is 0.835. The molecule has 0 aliphatic carbocycles.